The average Bonchev–Trinajstić information content (AvgIpc) is 2.76. The lowest BCUT2D eigenvalue weighted by molar-refractivity contribution is 0.153. The molecule has 0 aromatic carbocycles. The van der Waals surface area contributed by atoms with Crippen molar-refractivity contribution in [3.05, 3.63) is 21.3 Å². The van der Waals surface area contributed by atoms with Crippen LogP contribution in [0, 0.1) is 11.8 Å². The van der Waals surface area contributed by atoms with Gasteiger partial charge in [0.1, 0.15) is 0 Å². The van der Waals surface area contributed by atoms with E-state index < -0.39 is 0 Å². The molecule has 1 aliphatic carbocycles. The van der Waals surface area contributed by atoms with E-state index in [4.69, 9.17) is 11.6 Å². The van der Waals surface area contributed by atoms with E-state index >= 15 is 0 Å². The summed E-state index contributed by atoms with van der Waals surface area (Å²) < 4.78 is 0.906. The molecule has 1 nitrogen and oxygen atoms in total. The van der Waals surface area contributed by atoms with Crippen molar-refractivity contribution in [3.63, 3.8) is 0 Å². The molecule has 1 heterocycles. The largest absolute Gasteiger partial charge is 0.317 e. The first-order valence-corrected chi connectivity index (χ1v) is 8.07. The number of nitrogens with one attached hydrogen (secondary N) is 1. The van der Waals surface area contributed by atoms with Crippen LogP contribution in [0.2, 0.25) is 4.34 Å². The number of halogens is 1. The second-order valence-electron chi connectivity index (χ2n) is 6.25. The van der Waals surface area contributed by atoms with Crippen LogP contribution in [0.3, 0.4) is 0 Å². The Morgan fingerprint density at radius 1 is 1.33 bits per heavy atom. The molecule has 0 aliphatic heterocycles. The van der Waals surface area contributed by atoms with Crippen LogP contribution >= 0.6 is 22.9 Å². The third-order valence-corrected chi connectivity index (χ3v) is 6.19. The maximum atomic E-state index is 6.10. The van der Waals surface area contributed by atoms with Gasteiger partial charge in [0.2, 0.25) is 0 Å². The Morgan fingerprint density at radius 3 is 2.61 bits per heavy atom. The molecule has 102 valence electrons. The molecule has 1 aliphatic rings. The monoisotopic (exact) mass is 285 g/mol. The molecule has 1 aromatic rings. The van der Waals surface area contributed by atoms with Crippen LogP contribution in [0.1, 0.15) is 44.9 Å². The number of rotatable bonds is 3. The van der Waals surface area contributed by atoms with Crippen LogP contribution in [0.25, 0.3) is 0 Å². The zero-order valence-corrected chi connectivity index (χ0v) is 13.4. The van der Waals surface area contributed by atoms with Crippen LogP contribution in [0.4, 0.5) is 0 Å². The maximum absolute atomic E-state index is 6.10. The van der Waals surface area contributed by atoms with E-state index in [1.54, 1.807) is 11.3 Å². The standard InChI is InChI=1S/C15H24ClNS/c1-10-5-6-11(12(9-10)17-4)15(2,3)13-7-8-14(16)18-13/h7-8,10-12,17H,5-6,9H2,1-4H3. The number of hydrogen-bond donors (Lipinski definition) is 1. The highest BCUT2D eigenvalue weighted by atomic mass is 35.5. The summed E-state index contributed by atoms with van der Waals surface area (Å²) in [7, 11) is 2.10. The van der Waals surface area contributed by atoms with Crippen molar-refractivity contribution in [2.45, 2.75) is 51.5 Å². The first kappa shape index (κ1) is 14.4. The summed E-state index contributed by atoms with van der Waals surface area (Å²) in [4.78, 5) is 1.42. The fraction of sp³-hybridized carbons (Fsp3) is 0.733. The molecule has 0 bridgehead atoms. The highest BCUT2D eigenvalue weighted by Gasteiger charge is 2.40. The highest BCUT2D eigenvalue weighted by molar-refractivity contribution is 7.16. The van der Waals surface area contributed by atoms with E-state index in [0.717, 1.165) is 10.3 Å². The molecule has 1 N–H and O–H groups in total. The summed E-state index contributed by atoms with van der Waals surface area (Å²) in [5.41, 5.74) is 0.214. The summed E-state index contributed by atoms with van der Waals surface area (Å²) in [5, 5.41) is 3.54. The van der Waals surface area contributed by atoms with Crippen molar-refractivity contribution in [2.75, 3.05) is 7.05 Å². The van der Waals surface area contributed by atoms with Gasteiger partial charge in [0.05, 0.1) is 4.34 Å². The quantitative estimate of drug-likeness (QED) is 0.848. The SMILES string of the molecule is CNC1CC(C)CCC1C(C)(C)c1ccc(Cl)s1. The van der Waals surface area contributed by atoms with Crippen molar-refractivity contribution in [1.82, 2.24) is 5.32 Å². The van der Waals surface area contributed by atoms with Gasteiger partial charge in [-0.05, 0) is 43.9 Å². The molecule has 0 radical (unpaired) electrons. The maximum Gasteiger partial charge on any atom is 0.0931 e. The topological polar surface area (TPSA) is 12.0 Å². The molecule has 1 fully saturated rings. The van der Waals surface area contributed by atoms with E-state index in [-0.39, 0.29) is 5.41 Å². The number of hydrogen-bond acceptors (Lipinski definition) is 2. The van der Waals surface area contributed by atoms with E-state index in [1.165, 1.54) is 24.1 Å². The van der Waals surface area contributed by atoms with Crippen LogP contribution in [-0.2, 0) is 5.41 Å². The lowest BCUT2D eigenvalue weighted by Gasteiger charge is -2.44. The van der Waals surface area contributed by atoms with Crippen molar-refractivity contribution >= 4 is 22.9 Å². The molecule has 3 heteroatoms. The zero-order valence-electron chi connectivity index (χ0n) is 11.8. The number of thiophene rings is 1. The Morgan fingerprint density at radius 2 is 2.06 bits per heavy atom. The van der Waals surface area contributed by atoms with E-state index in [0.29, 0.717) is 12.0 Å². The molecule has 2 rings (SSSR count). The second kappa shape index (κ2) is 5.52. The van der Waals surface area contributed by atoms with Crippen molar-refractivity contribution in [2.24, 2.45) is 11.8 Å². The molecule has 0 saturated heterocycles. The summed E-state index contributed by atoms with van der Waals surface area (Å²) in [5.74, 6) is 1.55. The minimum Gasteiger partial charge on any atom is -0.317 e. The van der Waals surface area contributed by atoms with Gasteiger partial charge in [-0.15, -0.1) is 11.3 Å². The van der Waals surface area contributed by atoms with Crippen molar-refractivity contribution < 1.29 is 0 Å². The Balaban J connectivity index is 2.22. The van der Waals surface area contributed by atoms with Crippen LogP contribution in [0.15, 0.2) is 12.1 Å². The fourth-order valence-electron chi connectivity index (χ4n) is 3.41. The minimum absolute atomic E-state index is 0.214. The van der Waals surface area contributed by atoms with Crippen LogP contribution in [-0.4, -0.2) is 13.1 Å². The van der Waals surface area contributed by atoms with Gasteiger partial charge in [-0.2, -0.15) is 0 Å². The predicted molar refractivity (Wildman–Crippen MR) is 81.7 cm³/mol. The zero-order chi connectivity index (χ0) is 13.3. The van der Waals surface area contributed by atoms with Gasteiger partial charge in [-0.1, -0.05) is 38.8 Å². The normalized spacial score (nSPS) is 29.5. The van der Waals surface area contributed by atoms with Gasteiger partial charge in [-0.25, -0.2) is 0 Å². The molecule has 0 spiro atoms. The summed E-state index contributed by atoms with van der Waals surface area (Å²) in [6, 6.07) is 4.87. The first-order chi connectivity index (χ1) is 8.45. The van der Waals surface area contributed by atoms with Crippen LogP contribution in [0.5, 0.6) is 0 Å². The van der Waals surface area contributed by atoms with E-state index in [9.17, 15) is 0 Å². The first-order valence-electron chi connectivity index (χ1n) is 6.88. The lowest BCUT2D eigenvalue weighted by Crippen LogP contribution is -2.47. The molecule has 18 heavy (non-hydrogen) atoms. The highest BCUT2D eigenvalue weighted by Crippen LogP contribution is 2.44. The van der Waals surface area contributed by atoms with Gasteiger partial charge in [0, 0.05) is 16.3 Å². The van der Waals surface area contributed by atoms with Gasteiger partial charge < -0.3 is 5.32 Å². The molecular weight excluding hydrogens is 262 g/mol. The van der Waals surface area contributed by atoms with Crippen LogP contribution < -0.4 is 5.32 Å². The molecule has 1 saturated carbocycles. The van der Waals surface area contributed by atoms with E-state index in [2.05, 4.69) is 39.2 Å². The third kappa shape index (κ3) is 2.76. The van der Waals surface area contributed by atoms with Gasteiger partial charge in [0.15, 0.2) is 0 Å². The molecule has 1 aromatic heterocycles. The fourth-order valence-corrected chi connectivity index (χ4v) is 4.62. The van der Waals surface area contributed by atoms with Crippen molar-refractivity contribution in [3.8, 4) is 0 Å². The Kier molecular flexibility index (Phi) is 4.40. The second-order valence-corrected chi connectivity index (χ2v) is 7.96. The summed E-state index contributed by atoms with van der Waals surface area (Å²) >= 11 is 7.84. The Hall–Kier alpha value is -0.0500. The average molecular weight is 286 g/mol. The Labute approximate surface area is 120 Å². The molecule has 3 unspecified atom stereocenters. The summed E-state index contributed by atoms with van der Waals surface area (Å²) in [6.07, 6.45) is 3.96. The van der Waals surface area contributed by atoms with Gasteiger partial charge in [0.25, 0.3) is 0 Å². The lowest BCUT2D eigenvalue weighted by atomic mass is 9.66. The predicted octanol–water partition coefficient (Wildman–Crippen LogP) is 4.70. The molecule has 3 atom stereocenters. The van der Waals surface area contributed by atoms with E-state index in [1.807, 2.05) is 6.07 Å². The van der Waals surface area contributed by atoms with Gasteiger partial charge in [-0.3, -0.25) is 0 Å². The Bertz CT molecular complexity index is 399. The minimum atomic E-state index is 0.214. The van der Waals surface area contributed by atoms with Crippen molar-refractivity contribution in [1.29, 1.82) is 0 Å². The molecule has 0 amide bonds. The third-order valence-electron chi connectivity index (χ3n) is 4.62. The summed E-state index contributed by atoms with van der Waals surface area (Å²) in [6.45, 7) is 7.12. The van der Waals surface area contributed by atoms with Gasteiger partial charge >= 0.3 is 0 Å². The smallest absolute Gasteiger partial charge is 0.0931 e. The molecular formula is C15H24ClNS.